The number of rotatable bonds is 7. The Morgan fingerprint density at radius 2 is 1.94 bits per heavy atom. The molecule has 0 atom stereocenters. The number of aliphatic carboxylic acids is 1. The molecule has 0 aliphatic carbocycles. The average Bonchev–Trinajstić information content (AvgIpc) is 2.15. The highest BCUT2D eigenvalue weighted by atomic mass is 16.5. The molecule has 0 aromatic rings. The number of carbonyl (C=O) groups excluding carboxylic acids is 2. The molecule has 0 fully saturated rings. The Labute approximate surface area is 98.5 Å². The van der Waals surface area contributed by atoms with Crippen LogP contribution in [0.3, 0.4) is 0 Å². The first-order chi connectivity index (χ1) is 7.75. The van der Waals surface area contributed by atoms with Gasteiger partial charge in [0.05, 0.1) is 6.61 Å². The van der Waals surface area contributed by atoms with Crippen LogP contribution in [-0.2, 0) is 14.3 Å². The first-order valence-corrected chi connectivity index (χ1v) is 4.91. The zero-order valence-corrected chi connectivity index (χ0v) is 9.78. The van der Waals surface area contributed by atoms with E-state index in [1.807, 2.05) is 0 Å². The molecule has 0 radical (unpaired) electrons. The van der Waals surface area contributed by atoms with Crippen molar-refractivity contribution < 1.29 is 24.2 Å². The molecular formula is C9H17N3O5. The Morgan fingerprint density at radius 1 is 1.35 bits per heavy atom. The summed E-state index contributed by atoms with van der Waals surface area (Å²) in [4.78, 5) is 32.2. The van der Waals surface area contributed by atoms with Crippen LogP contribution in [0.25, 0.3) is 0 Å². The van der Waals surface area contributed by atoms with Gasteiger partial charge in [0.1, 0.15) is 12.1 Å². The second-order valence-corrected chi connectivity index (χ2v) is 3.83. The van der Waals surface area contributed by atoms with Crippen molar-refractivity contribution in [1.29, 1.82) is 0 Å². The fraction of sp³-hybridized carbons (Fsp3) is 0.667. The zero-order valence-electron chi connectivity index (χ0n) is 9.78. The number of hydrogen-bond donors (Lipinski definition) is 4. The van der Waals surface area contributed by atoms with E-state index in [0.29, 0.717) is 0 Å². The minimum atomic E-state index is -1.35. The Morgan fingerprint density at radius 3 is 2.41 bits per heavy atom. The molecule has 17 heavy (non-hydrogen) atoms. The molecule has 98 valence electrons. The summed E-state index contributed by atoms with van der Waals surface area (Å²) in [6.45, 7) is 2.76. The van der Waals surface area contributed by atoms with Gasteiger partial charge in [-0.1, -0.05) is 0 Å². The average molecular weight is 247 g/mol. The van der Waals surface area contributed by atoms with Gasteiger partial charge >= 0.3 is 12.0 Å². The number of carboxylic acid groups (broad SMARTS) is 1. The van der Waals surface area contributed by atoms with E-state index in [2.05, 4.69) is 10.6 Å². The maximum absolute atomic E-state index is 11.2. The molecule has 0 heterocycles. The topological polar surface area (TPSA) is 131 Å². The van der Waals surface area contributed by atoms with Gasteiger partial charge in [-0.3, -0.25) is 4.79 Å². The molecule has 0 aromatic carbocycles. The molecule has 3 amide bonds. The van der Waals surface area contributed by atoms with E-state index in [9.17, 15) is 14.4 Å². The van der Waals surface area contributed by atoms with Gasteiger partial charge in [0.25, 0.3) is 0 Å². The fourth-order valence-corrected chi connectivity index (χ4v) is 0.791. The number of primary amides is 1. The van der Waals surface area contributed by atoms with Crippen LogP contribution in [0.15, 0.2) is 0 Å². The normalized spacial score (nSPS) is 10.7. The van der Waals surface area contributed by atoms with Crippen molar-refractivity contribution in [3.63, 3.8) is 0 Å². The Balaban J connectivity index is 3.74. The molecule has 0 unspecified atom stereocenters. The number of carbonyl (C=O) groups is 3. The lowest BCUT2D eigenvalue weighted by Gasteiger charge is -2.21. The van der Waals surface area contributed by atoms with Crippen molar-refractivity contribution in [2.75, 3.05) is 19.8 Å². The monoisotopic (exact) mass is 247 g/mol. The van der Waals surface area contributed by atoms with E-state index >= 15 is 0 Å². The van der Waals surface area contributed by atoms with Crippen molar-refractivity contribution in [2.24, 2.45) is 5.73 Å². The summed E-state index contributed by atoms with van der Waals surface area (Å²) < 4.78 is 4.79. The Bertz CT molecular complexity index is 303. The highest BCUT2D eigenvalue weighted by molar-refractivity contribution is 5.85. The number of hydrogen-bond acceptors (Lipinski definition) is 4. The lowest BCUT2D eigenvalue weighted by molar-refractivity contribution is -0.142. The summed E-state index contributed by atoms with van der Waals surface area (Å²) in [7, 11) is 0. The number of amides is 3. The van der Waals surface area contributed by atoms with Crippen LogP contribution in [0.4, 0.5) is 4.79 Å². The van der Waals surface area contributed by atoms with Crippen LogP contribution in [0.1, 0.15) is 13.8 Å². The molecule has 0 aliphatic heterocycles. The number of ether oxygens (including phenoxy) is 1. The highest BCUT2D eigenvalue weighted by Gasteiger charge is 2.28. The van der Waals surface area contributed by atoms with Gasteiger partial charge in [-0.2, -0.15) is 0 Å². The van der Waals surface area contributed by atoms with Crippen LogP contribution >= 0.6 is 0 Å². The van der Waals surface area contributed by atoms with Crippen molar-refractivity contribution >= 4 is 17.9 Å². The lowest BCUT2D eigenvalue weighted by atomic mass is 10.1. The molecule has 5 N–H and O–H groups in total. The van der Waals surface area contributed by atoms with Gasteiger partial charge in [0.2, 0.25) is 5.91 Å². The zero-order chi connectivity index (χ0) is 13.5. The summed E-state index contributed by atoms with van der Waals surface area (Å²) in [5.41, 5.74) is 3.47. The summed E-state index contributed by atoms with van der Waals surface area (Å²) in [5, 5.41) is 13.4. The molecule has 0 saturated carbocycles. The van der Waals surface area contributed by atoms with E-state index in [0.717, 1.165) is 0 Å². The predicted octanol–water partition coefficient (Wildman–Crippen LogP) is -1.35. The second kappa shape index (κ2) is 6.69. The fourth-order valence-electron chi connectivity index (χ4n) is 0.791. The van der Waals surface area contributed by atoms with Gasteiger partial charge in [-0.15, -0.1) is 0 Å². The third-order valence-corrected chi connectivity index (χ3v) is 1.74. The number of carboxylic acids is 1. The van der Waals surface area contributed by atoms with Crippen molar-refractivity contribution in [3.8, 4) is 0 Å². The summed E-state index contributed by atoms with van der Waals surface area (Å²) in [5.74, 6) is -1.74. The van der Waals surface area contributed by atoms with Crippen molar-refractivity contribution in [2.45, 2.75) is 19.4 Å². The van der Waals surface area contributed by atoms with Crippen LogP contribution in [0.5, 0.6) is 0 Å². The molecule has 0 rings (SSSR count). The quantitative estimate of drug-likeness (QED) is 0.413. The third kappa shape index (κ3) is 7.12. The minimum Gasteiger partial charge on any atom is -0.480 e. The van der Waals surface area contributed by atoms with E-state index in [1.165, 1.54) is 13.8 Å². The standard InChI is InChI=1S/C9H17N3O5/c1-9(2,7(14)15)12-8(16)11-3-4-17-5-6(10)13/h3-5H2,1-2H3,(H2,10,13)(H,14,15)(H2,11,12,16). The molecule has 8 nitrogen and oxygen atoms in total. The second-order valence-electron chi connectivity index (χ2n) is 3.83. The largest absolute Gasteiger partial charge is 0.480 e. The van der Waals surface area contributed by atoms with Gasteiger partial charge in [-0.05, 0) is 13.8 Å². The molecular weight excluding hydrogens is 230 g/mol. The van der Waals surface area contributed by atoms with Crippen LogP contribution < -0.4 is 16.4 Å². The SMILES string of the molecule is CC(C)(NC(=O)NCCOCC(N)=O)C(=O)O. The lowest BCUT2D eigenvalue weighted by Crippen LogP contribution is -2.53. The van der Waals surface area contributed by atoms with E-state index in [4.69, 9.17) is 15.6 Å². The maximum atomic E-state index is 11.2. The van der Waals surface area contributed by atoms with Crippen molar-refractivity contribution in [1.82, 2.24) is 10.6 Å². The van der Waals surface area contributed by atoms with Gasteiger partial charge in [0.15, 0.2) is 0 Å². The minimum absolute atomic E-state index is 0.115. The van der Waals surface area contributed by atoms with Crippen LogP contribution in [0.2, 0.25) is 0 Å². The molecule has 8 heteroatoms. The van der Waals surface area contributed by atoms with Gasteiger partial charge in [0, 0.05) is 6.54 Å². The smallest absolute Gasteiger partial charge is 0.328 e. The number of nitrogens with one attached hydrogen (secondary N) is 2. The van der Waals surface area contributed by atoms with E-state index in [-0.39, 0.29) is 19.8 Å². The molecule has 0 spiro atoms. The first kappa shape index (κ1) is 15.2. The first-order valence-electron chi connectivity index (χ1n) is 4.91. The summed E-state index contributed by atoms with van der Waals surface area (Å²) in [6, 6.07) is -0.625. The maximum Gasteiger partial charge on any atom is 0.328 e. The van der Waals surface area contributed by atoms with Crippen molar-refractivity contribution in [3.05, 3.63) is 0 Å². The Hall–Kier alpha value is -1.83. The van der Waals surface area contributed by atoms with Gasteiger partial charge < -0.3 is 26.2 Å². The Kier molecular flexibility index (Phi) is 5.97. The highest BCUT2D eigenvalue weighted by Crippen LogP contribution is 2.00. The van der Waals surface area contributed by atoms with E-state index < -0.39 is 23.4 Å². The third-order valence-electron chi connectivity index (χ3n) is 1.74. The van der Waals surface area contributed by atoms with Crippen LogP contribution in [0, 0.1) is 0 Å². The van der Waals surface area contributed by atoms with Gasteiger partial charge in [-0.25, -0.2) is 9.59 Å². The summed E-state index contributed by atoms with van der Waals surface area (Å²) in [6.07, 6.45) is 0. The summed E-state index contributed by atoms with van der Waals surface area (Å²) >= 11 is 0. The predicted molar refractivity (Wildman–Crippen MR) is 58.3 cm³/mol. The molecule has 0 aromatic heterocycles. The number of urea groups is 1. The molecule has 0 bridgehead atoms. The molecule has 0 saturated heterocycles. The van der Waals surface area contributed by atoms with E-state index in [1.54, 1.807) is 0 Å². The molecule has 0 aliphatic rings. The number of nitrogens with two attached hydrogens (primary N) is 1. The van der Waals surface area contributed by atoms with Crippen LogP contribution in [-0.4, -0.2) is 48.3 Å².